The van der Waals surface area contributed by atoms with E-state index in [1.165, 1.54) is 23.4 Å². The second-order valence-corrected chi connectivity index (χ2v) is 6.51. The molecule has 146 valence electrons. The van der Waals surface area contributed by atoms with Crippen LogP contribution in [-0.2, 0) is 27.4 Å². The standard InChI is InChI=1S/C17H22N4O5S/c1-25-9-3-8-21-16(24)19-20-17(21)27-11-14(22)18-10-12-4-6-13(7-5-12)15(23)26-2/h4-7H,3,8-11H2,1-2H3,(H,18,22)(H,19,24). The van der Waals surface area contributed by atoms with E-state index >= 15 is 0 Å². The van der Waals surface area contributed by atoms with Gasteiger partial charge in [0.25, 0.3) is 0 Å². The number of amides is 1. The van der Waals surface area contributed by atoms with Crippen LogP contribution >= 0.6 is 11.8 Å². The minimum atomic E-state index is -0.405. The maximum atomic E-state index is 12.0. The van der Waals surface area contributed by atoms with E-state index in [4.69, 9.17) is 4.74 Å². The molecule has 1 aromatic carbocycles. The van der Waals surface area contributed by atoms with Crippen molar-refractivity contribution < 1.29 is 19.1 Å². The minimum Gasteiger partial charge on any atom is -0.465 e. The summed E-state index contributed by atoms with van der Waals surface area (Å²) in [6.45, 7) is 1.35. The van der Waals surface area contributed by atoms with Crippen LogP contribution in [-0.4, -0.2) is 53.2 Å². The van der Waals surface area contributed by atoms with Gasteiger partial charge >= 0.3 is 11.7 Å². The van der Waals surface area contributed by atoms with Crippen LogP contribution in [0.15, 0.2) is 34.2 Å². The van der Waals surface area contributed by atoms with Gasteiger partial charge in [-0.15, -0.1) is 5.10 Å². The molecule has 2 rings (SSSR count). The number of carbonyl (C=O) groups excluding carboxylic acids is 2. The molecule has 0 radical (unpaired) electrons. The van der Waals surface area contributed by atoms with Gasteiger partial charge in [0.15, 0.2) is 5.16 Å². The van der Waals surface area contributed by atoms with Crippen LogP contribution in [0.5, 0.6) is 0 Å². The van der Waals surface area contributed by atoms with Crippen molar-refractivity contribution in [1.29, 1.82) is 0 Å². The van der Waals surface area contributed by atoms with Gasteiger partial charge in [0.05, 0.1) is 18.4 Å². The quantitative estimate of drug-likeness (QED) is 0.348. The zero-order chi connectivity index (χ0) is 19.6. The van der Waals surface area contributed by atoms with E-state index in [2.05, 4.69) is 20.3 Å². The molecule has 1 aromatic heterocycles. The highest BCUT2D eigenvalue weighted by Gasteiger charge is 2.11. The molecular weight excluding hydrogens is 372 g/mol. The lowest BCUT2D eigenvalue weighted by molar-refractivity contribution is -0.118. The number of carbonyl (C=O) groups is 2. The topological polar surface area (TPSA) is 115 Å². The maximum absolute atomic E-state index is 12.0. The SMILES string of the molecule is COCCCn1c(SCC(=O)NCc2ccc(C(=O)OC)cc2)n[nH]c1=O. The molecule has 0 aliphatic heterocycles. The fourth-order valence-electron chi connectivity index (χ4n) is 2.24. The highest BCUT2D eigenvalue weighted by molar-refractivity contribution is 7.99. The molecule has 1 amide bonds. The number of thioether (sulfide) groups is 1. The first kappa shape index (κ1) is 20.7. The van der Waals surface area contributed by atoms with E-state index in [1.54, 1.807) is 31.4 Å². The third-order valence-corrected chi connectivity index (χ3v) is 4.63. The fraction of sp³-hybridized carbons (Fsp3) is 0.412. The molecule has 27 heavy (non-hydrogen) atoms. The van der Waals surface area contributed by atoms with Crippen LogP contribution < -0.4 is 11.0 Å². The number of hydrogen-bond donors (Lipinski definition) is 2. The van der Waals surface area contributed by atoms with Crippen LogP contribution in [0.1, 0.15) is 22.3 Å². The summed E-state index contributed by atoms with van der Waals surface area (Å²) in [5.41, 5.74) is 1.00. The zero-order valence-electron chi connectivity index (χ0n) is 15.2. The summed E-state index contributed by atoms with van der Waals surface area (Å²) in [5.74, 6) is -0.456. The number of aromatic nitrogens is 3. The molecule has 10 heteroatoms. The normalized spacial score (nSPS) is 10.6. The lowest BCUT2D eigenvalue weighted by Gasteiger charge is -2.07. The number of methoxy groups -OCH3 is 2. The van der Waals surface area contributed by atoms with Gasteiger partial charge in [-0.1, -0.05) is 23.9 Å². The van der Waals surface area contributed by atoms with Gasteiger partial charge in [-0.25, -0.2) is 14.7 Å². The molecule has 0 fully saturated rings. The fourth-order valence-corrected chi connectivity index (χ4v) is 3.04. The van der Waals surface area contributed by atoms with Gasteiger partial charge in [-0.3, -0.25) is 9.36 Å². The van der Waals surface area contributed by atoms with Crippen LogP contribution in [0.3, 0.4) is 0 Å². The smallest absolute Gasteiger partial charge is 0.343 e. The van der Waals surface area contributed by atoms with Crippen LogP contribution in [0.2, 0.25) is 0 Å². The number of rotatable bonds is 10. The first-order chi connectivity index (χ1) is 13.0. The van der Waals surface area contributed by atoms with E-state index in [9.17, 15) is 14.4 Å². The Labute approximate surface area is 160 Å². The Bertz CT molecular complexity index is 815. The lowest BCUT2D eigenvalue weighted by Crippen LogP contribution is -2.25. The van der Waals surface area contributed by atoms with Gasteiger partial charge in [-0.05, 0) is 24.1 Å². The molecule has 0 saturated heterocycles. The van der Waals surface area contributed by atoms with Crippen molar-refractivity contribution in [2.45, 2.75) is 24.7 Å². The second kappa shape index (κ2) is 10.5. The predicted molar refractivity (Wildman–Crippen MR) is 99.7 cm³/mol. The Morgan fingerprint density at radius 1 is 1.26 bits per heavy atom. The molecule has 2 N–H and O–H groups in total. The Kier molecular flexibility index (Phi) is 8.08. The molecule has 0 spiro atoms. The number of esters is 1. The van der Waals surface area contributed by atoms with E-state index in [0.717, 1.165) is 5.56 Å². The third kappa shape index (κ3) is 6.26. The Hall–Kier alpha value is -2.59. The van der Waals surface area contributed by atoms with Crippen molar-refractivity contribution >= 4 is 23.6 Å². The minimum absolute atomic E-state index is 0.134. The Balaban J connectivity index is 1.81. The summed E-state index contributed by atoms with van der Waals surface area (Å²) in [5, 5.41) is 9.59. The average Bonchev–Trinajstić information content (AvgIpc) is 3.04. The molecule has 2 aromatic rings. The van der Waals surface area contributed by atoms with Crippen molar-refractivity contribution in [1.82, 2.24) is 20.1 Å². The first-order valence-electron chi connectivity index (χ1n) is 8.26. The van der Waals surface area contributed by atoms with E-state index in [-0.39, 0.29) is 17.3 Å². The number of nitrogens with zero attached hydrogens (tertiary/aromatic N) is 2. The predicted octanol–water partition coefficient (Wildman–Crippen LogP) is 0.803. The van der Waals surface area contributed by atoms with Gasteiger partial charge in [0, 0.05) is 26.8 Å². The summed E-state index contributed by atoms with van der Waals surface area (Å²) in [6, 6.07) is 6.79. The summed E-state index contributed by atoms with van der Waals surface area (Å²) < 4.78 is 11.1. The third-order valence-electron chi connectivity index (χ3n) is 3.65. The molecular formula is C17H22N4O5S. The van der Waals surface area contributed by atoms with E-state index in [0.29, 0.717) is 36.8 Å². The maximum Gasteiger partial charge on any atom is 0.343 e. The van der Waals surface area contributed by atoms with Gasteiger partial charge in [0.2, 0.25) is 5.91 Å². The summed E-state index contributed by atoms with van der Waals surface area (Å²) in [7, 11) is 2.92. The number of ether oxygens (including phenoxy) is 2. The van der Waals surface area contributed by atoms with Crippen molar-refractivity contribution in [2.24, 2.45) is 0 Å². The van der Waals surface area contributed by atoms with E-state index in [1.807, 2.05) is 0 Å². The largest absolute Gasteiger partial charge is 0.465 e. The van der Waals surface area contributed by atoms with Crippen LogP contribution in [0, 0.1) is 0 Å². The van der Waals surface area contributed by atoms with Crippen molar-refractivity contribution in [3.05, 3.63) is 45.9 Å². The highest BCUT2D eigenvalue weighted by Crippen LogP contribution is 2.13. The summed E-state index contributed by atoms with van der Waals surface area (Å²) in [4.78, 5) is 35.2. The number of benzene rings is 1. The van der Waals surface area contributed by atoms with Crippen molar-refractivity contribution in [2.75, 3.05) is 26.6 Å². The molecule has 0 unspecified atom stereocenters. The monoisotopic (exact) mass is 394 g/mol. The lowest BCUT2D eigenvalue weighted by atomic mass is 10.1. The Morgan fingerprint density at radius 2 is 2.00 bits per heavy atom. The number of nitrogens with one attached hydrogen (secondary N) is 2. The average molecular weight is 394 g/mol. The van der Waals surface area contributed by atoms with Crippen LogP contribution in [0.25, 0.3) is 0 Å². The van der Waals surface area contributed by atoms with E-state index < -0.39 is 5.97 Å². The Morgan fingerprint density at radius 3 is 2.67 bits per heavy atom. The molecule has 0 bridgehead atoms. The van der Waals surface area contributed by atoms with Crippen molar-refractivity contribution in [3.8, 4) is 0 Å². The number of H-pyrrole nitrogens is 1. The molecule has 9 nitrogen and oxygen atoms in total. The van der Waals surface area contributed by atoms with Gasteiger partial charge in [-0.2, -0.15) is 0 Å². The second-order valence-electron chi connectivity index (χ2n) is 5.56. The summed E-state index contributed by atoms with van der Waals surface area (Å²) >= 11 is 1.19. The number of aromatic amines is 1. The molecule has 0 aliphatic rings. The molecule has 1 heterocycles. The first-order valence-corrected chi connectivity index (χ1v) is 9.24. The number of hydrogen-bond acceptors (Lipinski definition) is 7. The van der Waals surface area contributed by atoms with Crippen LogP contribution in [0.4, 0.5) is 0 Å². The molecule has 0 atom stereocenters. The molecule has 0 saturated carbocycles. The van der Waals surface area contributed by atoms with Gasteiger partial charge < -0.3 is 14.8 Å². The van der Waals surface area contributed by atoms with Gasteiger partial charge in [0.1, 0.15) is 0 Å². The zero-order valence-corrected chi connectivity index (χ0v) is 16.0. The van der Waals surface area contributed by atoms with Crippen molar-refractivity contribution in [3.63, 3.8) is 0 Å². The molecule has 0 aliphatic carbocycles. The highest BCUT2D eigenvalue weighted by atomic mass is 32.2. The summed E-state index contributed by atoms with van der Waals surface area (Å²) in [6.07, 6.45) is 0.678.